The highest BCUT2D eigenvalue weighted by atomic mass is 16.5. The summed E-state index contributed by atoms with van der Waals surface area (Å²) in [6.07, 6.45) is 9.32. The number of hydrogen-bond donors (Lipinski definition) is 0. The molecule has 3 fully saturated rings. The summed E-state index contributed by atoms with van der Waals surface area (Å²) in [5.74, 6) is 0.447. The maximum Gasteiger partial charge on any atom is 0.306 e. The highest BCUT2D eigenvalue weighted by Gasteiger charge is 2.63. The molecule has 3 saturated carbocycles. The van der Waals surface area contributed by atoms with E-state index in [1.54, 1.807) is 6.92 Å². The molecule has 0 aliphatic heterocycles. The number of esters is 3. The first kappa shape index (κ1) is 28.8. The van der Waals surface area contributed by atoms with Crippen LogP contribution in [-0.4, -0.2) is 42.5 Å². The number of ether oxygens (including phenoxy) is 3. The first-order valence-corrected chi connectivity index (χ1v) is 14.5. The van der Waals surface area contributed by atoms with E-state index in [1.165, 1.54) is 19.4 Å². The lowest BCUT2D eigenvalue weighted by molar-refractivity contribution is -0.154. The molecule has 0 saturated heterocycles. The number of rotatable bonds is 8. The van der Waals surface area contributed by atoms with E-state index in [9.17, 15) is 19.2 Å². The molecular formula is C31H46O7. The second-order valence-corrected chi connectivity index (χ2v) is 13.1. The van der Waals surface area contributed by atoms with E-state index in [2.05, 4.69) is 19.9 Å². The molecule has 4 aliphatic carbocycles. The van der Waals surface area contributed by atoms with Crippen molar-refractivity contribution >= 4 is 23.7 Å². The van der Waals surface area contributed by atoms with Crippen LogP contribution < -0.4 is 0 Å². The van der Waals surface area contributed by atoms with Gasteiger partial charge in [-0.3, -0.25) is 19.2 Å². The molecule has 0 bridgehead atoms. The van der Waals surface area contributed by atoms with Crippen LogP contribution in [0.25, 0.3) is 0 Å². The Bertz CT molecular complexity index is 985. The molecule has 0 amide bonds. The molecule has 212 valence electrons. The van der Waals surface area contributed by atoms with Crippen molar-refractivity contribution in [2.24, 2.45) is 40.4 Å². The topological polar surface area (TPSA) is 96.0 Å². The maximum absolute atomic E-state index is 13.0. The number of carbonyl (C=O) groups excluding carboxylic acids is 4. The fraction of sp³-hybridized carbons (Fsp3) is 0.806. The SMILES string of the molecule is CC(=O)OC[C@H](C)CCC(=O)O[C@H]1C[C@H]2[C@@H]3CC=C4C[C@@H](OC(C)=O)CC[C@]4(C)[C@H]3CC[C@]2(C)[C@H]1C(C)=O. The van der Waals surface area contributed by atoms with Crippen LogP contribution in [0, 0.1) is 40.4 Å². The van der Waals surface area contributed by atoms with Gasteiger partial charge in [0.05, 0.1) is 12.5 Å². The lowest BCUT2D eigenvalue weighted by atomic mass is 9.47. The smallest absolute Gasteiger partial charge is 0.306 e. The average Bonchev–Trinajstić information content (AvgIpc) is 3.13. The fourth-order valence-corrected chi connectivity index (χ4v) is 8.73. The molecule has 0 unspecified atom stereocenters. The molecule has 4 rings (SSSR count). The molecule has 0 heterocycles. The molecule has 0 aromatic heterocycles. The van der Waals surface area contributed by atoms with Crippen molar-refractivity contribution in [3.05, 3.63) is 11.6 Å². The van der Waals surface area contributed by atoms with E-state index >= 15 is 0 Å². The zero-order valence-electron chi connectivity index (χ0n) is 24.0. The first-order valence-electron chi connectivity index (χ1n) is 14.5. The van der Waals surface area contributed by atoms with Gasteiger partial charge in [0.1, 0.15) is 18.0 Å². The van der Waals surface area contributed by atoms with Crippen LogP contribution in [0.2, 0.25) is 0 Å². The minimum absolute atomic E-state index is 0.0219. The minimum atomic E-state index is -0.379. The van der Waals surface area contributed by atoms with E-state index in [1.807, 2.05) is 6.92 Å². The van der Waals surface area contributed by atoms with Crippen LogP contribution in [-0.2, 0) is 33.4 Å². The summed E-state index contributed by atoms with van der Waals surface area (Å²) >= 11 is 0. The number of ketones is 1. The maximum atomic E-state index is 13.0. The Labute approximate surface area is 227 Å². The third kappa shape index (κ3) is 5.58. The van der Waals surface area contributed by atoms with Crippen molar-refractivity contribution in [2.45, 2.75) is 112 Å². The van der Waals surface area contributed by atoms with E-state index in [0.717, 1.165) is 44.9 Å². The number of Topliss-reactive ketones (excluding diaryl/α,β-unsaturated/α-hetero) is 1. The summed E-state index contributed by atoms with van der Waals surface area (Å²) in [6.45, 7) is 11.4. The molecule has 7 nitrogen and oxygen atoms in total. The van der Waals surface area contributed by atoms with Crippen LogP contribution in [0.5, 0.6) is 0 Å². The zero-order chi connectivity index (χ0) is 27.8. The third-order valence-corrected chi connectivity index (χ3v) is 10.5. The molecule has 9 atom stereocenters. The summed E-state index contributed by atoms with van der Waals surface area (Å²) < 4.78 is 16.7. The van der Waals surface area contributed by atoms with Gasteiger partial charge in [-0.05, 0) is 86.4 Å². The molecule has 0 aromatic carbocycles. The van der Waals surface area contributed by atoms with Gasteiger partial charge in [0, 0.05) is 26.7 Å². The molecule has 0 spiro atoms. The van der Waals surface area contributed by atoms with Gasteiger partial charge < -0.3 is 14.2 Å². The highest BCUT2D eigenvalue weighted by molar-refractivity contribution is 5.81. The van der Waals surface area contributed by atoms with Crippen LogP contribution in [0.4, 0.5) is 0 Å². The lowest BCUT2D eigenvalue weighted by Crippen LogP contribution is -2.51. The summed E-state index contributed by atoms with van der Waals surface area (Å²) in [7, 11) is 0. The van der Waals surface area contributed by atoms with E-state index in [-0.39, 0.29) is 65.0 Å². The largest absolute Gasteiger partial charge is 0.466 e. The van der Waals surface area contributed by atoms with Crippen molar-refractivity contribution in [1.82, 2.24) is 0 Å². The third-order valence-electron chi connectivity index (χ3n) is 10.5. The van der Waals surface area contributed by atoms with Crippen molar-refractivity contribution in [3.8, 4) is 0 Å². The zero-order valence-corrected chi connectivity index (χ0v) is 24.0. The van der Waals surface area contributed by atoms with Gasteiger partial charge in [-0.1, -0.05) is 32.4 Å². The van der Waals surface area contributed by atoms with Crippen LogP contribution in [0.15, 0.2) is 11.6 Å². The Morgan fingerprint density at radius 3 is 2.39 bits per heavy atom. The summed E-state index contributed by atoms with van der Waals surface area (Å²) in [5, 5.41) is 0. The lowest BCUT2D eigenvalue weighted by Gasteiger charge is -2.57. The molecular weight excluding hydrogens is 484 g/mol. The quantitative estimate of drug-likeness (QED) is 0.229. The van der Waals surface area contributed by atoms with Crippen LogP contribution >= 0.6 is 0 Å². The summed E-state index contributed by atoms with van der Waals surface area (Å²) in [6, 6.07) is 0. The van der Waals surface area contributed by atoms with Gasteiger partial charge in [0.2, 0.25) is 0 Å². The predicted octanol–water partition coefficient (Wildman–Crippen LogP) is 5.59. The Morgan fingerprint density at radius 1 is 1.00 bits per heavy atom. The highest BCUT2D eigenvalue weighted by Crippen LogP contribution is 2.66. The van der Waals surface area contributed by atoms with E-state index in [4.69, 9.17) is 14.2 Å². The second kappa shape index (κ2) is 11.1. The fourth-order valence-electron chi connectivity index (χ4n) is 8.73. The Kier molecular flexibility index (Phi) is 8.44. The van der Waals surface area contributed by atoms with Crippen molar-refractivity contribution < 1.29 is 33.4 Å². The summed E-state index contributed by atoms with van der Waals surface area (Å²) in [4.78, 5) is 48.4. The Balaban J connectivity index is 1.46. The normalized spacial score (nSPS) is 38.5. The van der Waals surface area contributed by atoms with E-state index < -0.39 is 0 Å². The van der Waals surface area contributed by atoms with E-state index in [0.29, 0.717) is 30.8 Å². The van der Waals surface area contributed by atoms with Gasteiger partial charge >= 0.3 is 17.9 Å². The average molecular weight is 531 g/mol. The van der Waals surface area contributed by atoms with Crippen molar-refractivity contribution in [2.75, 3.05) is 6.61 Å². The van der Waals surface area contributed by atoms with Crippen molar-refractivity contribution in [1.29, 1.82) is 0 Å². The molecule has 4 aliphatic rings. The molecule has 7 heteroatoms. The Morgan fingerprint density at radius 2 is 1.74 bits per heavy atom. The van der Waals surface area contributed by atoms with Crippen LogP contribution in [0.3, 0.4) is 0 Å². The molecule has 0 aromatic rings. The predicted molar refractivity (Wildman–Crippen MR) is 142 cm³/mol. The molecule has 38 heavy (non-hydrogen) atoms. The summed E-state index contributed by atoms with van der Waals surface area (Å²) in [5.41, 5.74) is 1.36. The Hall–Kier alpha value is -2.18. The van der Waals surface area contributed by atoms with Gasteiger partial charge in [-0.15, -0.1) is 0 Å². The van der Waals surface area contributed by atoms with Crippen LogP contribution in [0.1, 0.15) is 99.3 Å². The standard InChI is InChI=1S/C31H46O7/c1-18(17-36-20(3)33)7-10-28(35)38-27-16-26-24-9-8-22-15-23(37-21(4)34)11-13-30(22,5)25(24)12-14-31(26,6)29(27)19(2)32/h8,18,23-27,29H,7,9-17H2,1-6H3/t18-,23+,24-,25+,26+,27+,29+,30+,31+/m1/s1. The number of carbonyl (C=O) groups is 4. The van der Waals surface area contributed by atoms with Gasteiger partial charge in [0.25, 0.3) is 0 Å². The van der Waals surface area contributed by atoms with Gasteiger partial charge in [-0.25, -0.2) is 0 Å². The number of allylic oxidation sites excluding steroid dienone is 1. The number of hydrogen-bond acceptors (Lipinski definition) is 7. The second-order valence-electron chi connectivity index (χ2n) is 13.1. The number of fused-ring (bicyclic) bond motifs is 5. The minimum Gasteiger partial charge on any atom is -0.466 e. The molecule has 0 radical (unpaired) electrons. The molecule has 0 N–H and O–H groups in total. The van der Waals surface area contributed by atoms with Crippen molar-refractivity contribution in [3.63, 3.8) is 0 Å². The van der Waals surface area contributed by atoms with Gasteiger partial charge in [-0.2, -0.15) is 0 Å². The first-order chi connectivity index (χ1) is 17.8. The van der Waals surface area contributed by atoms with Gasteiger partial charge in [0.15, 0.2) is 0 Å². The monoisotopic (exact) mass is 530 g/mol.